The van der Waals surface area contributed by atoms with Crippen LogP contribution in [0, 0.1) is 10.8 Å². The lowest BCUT2D eigenvalue weighted by Crippen LogP contribution is -2.53. The molecule has 0 N–H and O–H groups in total. The van der Waals surface area contributed by atoms with Crippen LogP contribution in [-0.2, 0) is 14.3 Å². The van der Waals surface area contributed by atoms with Crippen molar-refractivity contribution in [1.82, 2.24) is 0 Å². The number of carbonyl (C=O) groups excluding carboxylic acids is 2. The Hall–Kier alpha value is -2.62. The summed E-state index contributed by atoms with van der Waals surface area (Å²) in [6, 6.07) is 19.1. The van der Waals surface area contributed by atoms with E-state index in [-0.39, 0.29) is 11.9 Å². The SMILES string of the molecule is CC1(C)[C@@]2(C(=O)N(c3ccccc3)c3ccccc3)CC[C@]1(C)C(=O)O2. The average Bonchev–Trinajstić information content (AvgIpc) is 2.94. The molecule has 4 nitrogen and oxygen atoms in total. The highest BCUT2D eigenvalue weighted by Crippen LogP contribution is 2.66. The Morgan fingerprint density at radius 1 is 0.885 bits per heavy atom. The monoisotopic (exact) mass is 349 g/mol. The van der Waals surface area contributed by atoms with E-state index in [0.29, 0.717) is 12.8 Å². The second-order valence-electron chi connectivity index (χ2n) is 7.99. The zero-order valence-electron chi connectivity index (χ0n) is 15.4. The van der Waals surface area contributed by atoms with Crippen molar-refractivity contribution in [2.75, 3.05) is 4.90 Å². The summed E-state index contributed by atoms with van der Waals surface area (Å²) in [6.07, 6.45) is 1.22. The number of carbonyl (C=O) groups is 2. The van der Waals surface area contributed by atoms with Gasteiger partial charge in [0.25, 0.3) is 5.91 Å². The Morgan fingerprint density at radius 3 is 1.77 bits per heavy atom. The summed E-state index contributed by atoms with van der Waals surface area (Å²) < 4.78 is 5.82. The summed E-state index contributed by atoms with van der Waals surface area (Å²) in [5.41, 5.74) is -0.793. The number of ether oxygens (including phenoxy) is 1. The van der Waals surface area contributed by atoms with Crippen LogP contribution >= 0.6 is 0 Å². The van der Waals surface area contributed by atoms with Gasteiger partial charge in [0.15, 0.2) is 5.60 Å². The van der Waals surface area contributed by atoms with Crippen molar-refractivity contribution in [1.29, 1.82) is 0 Å². The normalized spacial score (nSPS) is 28.7. The smallest absolute Gasteiger partial charge is 0.313 e. The first-order chi connectivity index (χ1) is 12.3. The van der Waals surface area contributed by atoms with Gasteiger partial charge in [-0.25, -0.2) is 0 Å². The van der Waals surface area contributed by atoms with Gasteiger partial charge in [0, 0.05) is 16.8 Å². The zero-order chi connectivity index (χ0) is 18.6. The van der Waals surface area contributed by atoms with Crippen molar-refractivity contribution in [3.8, 4) is 0 Å². The van der Waals surface area contributed by atoms with Crippen LogP contribution in [0.1, 0.15) is 33.6 Å². The Kier molecular flexibility index (Phi) is 3.52. The molecule has 2 bridgehead atoms. The molecule has 26 heavy (non-hydrogen) atoms. The predicted octanol–water partition coefficient (Wildman–Crippen LogP) is 4.47. The van der Waals surface area contributed by atoms with Gasteiger partial charge in [0.2, 0.25) is 0 Å². The van der Waals surface area contributed by atoms with Gasteiger partial charge in [-0.15, -0.1) is 0 Å². The summed E-state index contributed by atoms with van der Waals surface area (Å²) in [7, 11) is 0. The van der Waals surface area contributed by atoms with Crippen LogP contribution in [-0.4, -0.2) is 17.5 Å². The predicted molar refractivity (Wildman–Crippen MR) is 100.0 cm³/mol. The molecule has 2 atom stereocenters. The Bertz CT molecular complexity index is 822. The van der Waals surface area contributed by atoms with E-state index in [0.717, 1.165) is 11.4 Å². The fourth-order valence-electron chi connectivity index (χ4n) is 4.44. The second-order valence-corrected chi connectivity index (χ2v) is 7.99. The molecular formula is C22H23NO3. The van der Waals surface area contributed by atoms with E-state index in [1.807, 2.05) is 81.4 Å². The molecule has 4 rings (SSSR count). The van der Waals surface area contributed by atoms with Gasteiger partial charge in [-0.3, -0.25) is 14.5 Å². The molecule has 1 saturated heterocycles. The van der Waals surface area contributed by atoms with Crippen molar-refractivity contribution in [2.45, 2.75) is 39.2 Å². The first kappa shape index (κ1) is 16.8. The summed E-state index contributed by atoms with van der Waals surface area (Å²) in [5, 5.41) is 0. The highest BCUT2D eigenvalue weighted by molar-refractivity contribution is 6.09. The molecule has 1 aliphatic heterocycles. The number of hydrogen-bond donors (Lipinski definition) is 0. The van der Waals surface area contributed by atoms with Crippen LogP contribution in [0.5, 0.6) is 0 Å². The van der Waals surface area contributed by atoms with Crippen molar-refractivity contribution >= 4 is 23.3 Å². The van der Waals surface area contributed by atoms with Gasteiger partial charge < -0.3 is 4.74 Å². The Morgan fingerprint density at radius 2 is 1.38 bits per heavy atom. The van der Waals surface area contributed by atoms with Gasteiger partial charge >= 0.3 is 5.97 Å². The molecule has 0 spiro atoms. The maximum Gasteiger partial charge on any atom is 0.313 e. The van der Waals surface area contributed by atoms with Crippen LogP contribution in [0.3, 0.4) is 0 Å². The summed E-state index contributed by atoms with van der Waals surface area (Å²) in [4.78, 5) is 28.2. The molecule has 2 aromatic rings. The van der Waals surface area contributed by atoms with E-state index in [4.69, 9.17) is 4.74 Å². The number of esters is 1. The quantitative estimate of drug-likeness (QED) is 0.768. The van der Waals surface area contributed by atoms with Gasteiger partial charge in [0.05, 0.1) is 5.41 Å². The Labute approximate surface area is 153 Å². The molecule has 0 unspecified atom stereocenters. The fraction of sp³-hybridized carbons (Fsp3) is 0.364. The first-order valence-electron chi connectivity index (χ1n) is 9.02. The molecule has 2 aromatic carbocycles. The van der Waals surface area contributed by atoms with E-state index in [1.165, 1.54) is 0 Å². The molecule has 1 saturated carbocycles. The molecule has 1 aliphatic carbocycles. The van der Waals surface area contributed by atoms with E-state index in [2.05, 4.69) is 0 Å². The van der Waals surface area contributed by atoms with Crippen molar-refractivity contribution in [2.24, 2.45) is 10.8 Å². The standard InChI is InChI=1S/C22H23NO3/c1-20(2)21(3)14-15-22(20,26-19(21)25)18(24)23(16-10-6-4-7-11-16)17-12-8-5-9-13-17/h4-13H,14-15H2,1-3H3/t21-,22+/m1/s1. The Balaban J connectivity index is 1.86. The molecule has 0 radical (unpaired) electrons. The third-order valence-electron chi connectivity index (χ3n) is 6.66. The second kappa shape index (κ2) is 5.44. The first-order valence-corrected chi connectivity index (χ1v) is 9.02. The van der Waals surface area contributed by atoms with E-state index < -0.39 is 16.4 Å². The lowest BCUT2D eigenvalue weighted by Gasteiger charge is -2.39. The molecule has 2 aliphatic rings. The van der Waals surface area contributed by atoms with Crippen molar-refractivity contribution < 1.29 is 14.3 Å². The lowest BCUT2D eigenvalue weighted by molar-refractivity contribution is -0.166. The van der Waals surface area contributed by atoms with Crippen LogP contribution in [0.25, 0.3) is 0 Å². The molecule has 0 aromatic heterocycles. The number of para-hydroxylation sites is 2. The minimum absolute atomic E-state index is 0.172. The largest absolute Gasteiger partial charge is 0.448 e. The number of anilines is 2. The van der Waals surface area contributed by atoms with Crippen LogP contribution in [0.2, 0.25) is 0 Å². The number of nitrogens with zero attached hydrogens (tertiary/aromatic N) is 1. The number of rotatable bonds is 3. The zero-order valence-corrected chi connectivity index (χ0v) is 15.4. The van der Waals surface area contributed by atoms with Gasteiger partial charge in [-0.2, -0.15) is 0 Å². The topological polar surface area (TPSA) is 46.6 Å². The lowest BCUT2D eigenvalue weighted by atomic mass is 9.66. The number of amides is 1. The number of benzene rings is 2. The molecule has 134 valence electrons. The van der Waals surface area contributed by atoms with E-state index >= 15 is 0 Å². The molecule has 1 amide bonds. The highest BCUT2D eigenvalue weighted by atomic mass is 16.6. The third kappa shape index (κ3) is 1.96. The molecule has 2 fully saturated rings. The highest BCUT2D eigenvalue weighted by Gasteiger charge is 2.76. The van der Waals surface area contributed by atoms with Gasteiger partial charge in [0.1, 0.15) is 0 Å². The van der Waals surface area contributed by atoms with E-state index in [9.17, 15) is 9.59 Å². The minimum atomic E-state index is -1.13. The van der Waals surface area contributed by atoms with Crippen molar-refractivity contribution in [3.05, 3.63) is 60.7 Å². The van der Waals surface area contributed by atoms with Crippen molar-refractivity contribution in [3.63, 3.8) is 0 Å². The van der Waals surface area contributed by atoms with E-state index in [1.54, 1.807) is 4.90 Å². The maximum atomic E-state index is 13.9. The van der Waals surface area contributed by atoms with Crippen LogP contribution in [0.15, 0.2) is 60.7 Å². The summed E-state index contributed by atoms with van der Waals surface area (Å²) in [5.74, 6) is -0.433. The third-order valence-corrected chi connectivity index (χ3v) is 6.66. The molecule has 4 heteroatoms. The average molecular weight is 349 g/mol. The van der Waals surface area contributed by atoms with Gasteiger partial charge in [-0.05, 0) is 44.0 Å². The minimum Gasteiger partial charge on any atom is -0.448 e. The van der Waals surface area contributed by atoms with Crippen LogP contribution < -0.4 is 4.90 Å². The molecular weight excluding hydrogens is 326 g/mol. The number of hydrogen-bond acceptors (Lipinski definition) is 3. The molecule has 1 heterocycles. The number of fused-ring (bicyclic) bond motifs is 2. The summed E-state index contributed by atoms with van der Waals surface area (Å²) >= 11 is 0. The maximum absolute atomic E-state index is 13.9. The van der Waals surface area contributed by atoms with Gasteiger partial charge in [-0.1, -0.05) is 50.2 Å². The summed E-state index contributed by atoms with van der Waals surface area (Å²) in [6.45, 7) is 5.89. The van der Waals surface area contributed by atoms with Crippen LogP contribution in [0.4, 0.5) is 11.4 Å². The fourth-order valence-corrected chi connectivity index (χ4v) is 4.44.